The zero-order valence-electron chi connectivity index (χ0n) is 11.3. The first-order chi connectivity index (χ1) is 9.40. The summed E-state index contributed by atoms with van der Waals surface area (Å²) in [6.07, 6.45) is 1.05. The topological polar surface area (TPSA) is 23.2 Å². The first-order valence-corrected chi connectivity index (χ1v) is 6.76. The van der Waals surface area contributed by atoms with Crippen molar-refractivity contribution < 1.29 is 26.7 Å². The molecule has 2 aromatic rings. The largest absolute Gasteiger partial charge is 1.00 e. The van der Waals surface area contributed by atoms with E-state index in [-0.39, 0.29) is 23.6 Å². The number of benzene rings is 2. The van der Waals surface area contributed by atoms with E-state index in [0.29, 0.717) is 6.54 Å². The molecule has 0 spiro atoms. The maximum absolute atomic E-state index is 9.28. The molecule has 20 heavy (non-hydrogen) atoms. The Labute approximate surface area is 130 Å². The van der Waals surface area contributed by atoms with E-state index < -0.39 is 0 Å². The standard InChI is InChI=1S/C17H18NO.BrH/c19-13-12-18-11-10-14-6-4-5-9-16(14)17(18)15-7-2-1-3-8-15;/h1-9,19H,10-13H2;1H/q+1;/p-1. The van der Waals surface area contributed by atoms with Crippen LogP contribution >= 0.6 is 0 Å². The third-order valence-electron chi connectivity index (χ3n) is 3.66. The molecule has 104 valence electrons. The van der Waals surface area contributed by atoms with Crippen LogP contribution in [0.1, 0.15) is 16.7 Å². The van der Waals surface area contributed by atoms with E-state index in [9.17, 15) is 5.11 Å². The lowest BCUT2D eigenvalue weighted by atomic mass is 9.92. The van der Waals surface area contributed by atoms with Gasteiger partial charge in [-0.2, -0.15) is 0 Å². The summed E-state index contributed by atoms with van der Waals surface area (Å²) in [7, 11) is 0. The zero-order valence-corrected chi connectivity index (χ0v) is 12.9. The van der Waals surface area contributed by atoms with Crippen LogP contribution in [0.3, 0.4) is 0 Å². The monoisotopic (exact) mass is 331 g/mol. The summed E-state index contributed by atoms with van der Waals surface area (Å²) >= 11 is 0. The molecule has 0 fully saturated rings. The lowest BCUT2D eigenvalue weighted by molar-refractivity contribution is -0.530. The minimum Gasteiger partial charge on any atom is -1.00 e. The van der Waals surface area contributed by atoms with E-state index in [2.05, 4.69) is 53.1 Å². The van der Waals surface area contributed by atoms with Crippen LogP contribution in [0.5, 0.6) is 0 Å². The lowest BCUT2D eigenvalue weighted by Gasteiger charge is -2.18. The molecule has 0 bridgehead atoms. The Morgan fingerprint density at radius 3 is 2.40 bits per heavy atom. The molecule has 0 unspecified atom stereocenters. The fraction of sp³-hybridized carbons (Fsp3) is 0.235. The Morgan fingerprint density at radius 2 is 1.65 bits per heavy atom. The second-order valence-electron chi connectivity index (χ2n) is 4.83. The molecule has 1 aliphatic rings. The van der Waals surface area contributed by atoms with Crippen LogP contribution in [0.15, 0.2) is 54.6 Å². The molecule has 3 heteroatoms. The predicted octanol–water partition coefficient (Wildman–Crippen LogP) is -0.911. The smallest absolute Gasteiger partial charge is 0.214 e. The molecule has 2 aromatic carbocycles. The molecule has 0 radical (unpaired) electrons. The van der Waals surface area contributed by atoms with Crippen LogP contribution in [0.4, 0.5) is 0 Å². The Kier molecular flexibility index (Phi) is 5.10. The normalized spacial score (nSPS) is 13.7. The molecule has 0 saturated carbocycles. The average molecular weight is 332 g/mol. The number of hydrogen-bond acceptors (Lipinski definition) is 1. The van der Waals surface area contributed by atoms with Crippen LogP contribution in [0.25, 0.3) is 0 Å². The number of aliphatic hydroxyl groups excluding tert-OH is 1. The predicted molar refractivity (Wildman–Crippen MR) is 76.9 cm³/mol. The first-order valence-electron chi connectivity index (χ1n) is 6.76. The summed E-state index contributed by atoms with van der Waals surface area (Å²) in [4.78, 5) is 0. The van der Waals surface area contributed by atoms with Gasteiger partial charge in [-0.05, 0) is 23.8 Å². The van der Waals surface area contributed by atoms with Gasteiger partial charge in [-0.3, -0.25) is 0 Å². The highest BCUT2D eigenvalue weighted by molar-refractivity contribution is 6.10. The molecule has 0 saturated heterocycles. The number of nitrogens with zero attached hydrogens (tertiary/aromatic N) is 1. The van der Waals surface area contributed by atoms with Crippen molar-refractivity contribution in [1.29, 1.82) is 0 Å². The Hall–Kier alpha value is -1.45. The van der Waals surface area contributed by atoms with Gasteiger partial charge in [-0.1, -0.05) is 36.4 Å². The van der Waals surface area contributed by atoms with E-state index in [0.717, 1.165) is 13.0 Å². The molecule has 1 aliphatic heterocycles. The third-order valence-corrected chi connectivity index (χ3v) is 3.66. The number of aliphatic hydroxyl groups is 1. The van der Waals surface area contributed by atoms with Crippen LogP contribution in [-0.2, 0) is 6.42 Å². The van der Waals surface area contributed by atoms with E-state index in [1.165, 1.54) is 22.4 Å². The van der Waals surface area contributed by atoms with Crippen molar-refractivity contribution in [3.05, 3.63) is 71.3 Å². The van der Waals surface area contributed by atoms with Crippen LogP contribution in [0.2, 0.25) is 0 Å². The minimum atomic E-state index is 0. The van der Waals surface area contributed by atoms with E-state index in [4.69, 9.17) is 0 Å². The Bertz CT molecular complexity index is 607. The number of hydrogen-bond donors (Lipinski definition) is 1. The zero-order chi connectivity index (χ0) is 13.1. The summed E-state index contributed by atoms with van der Waals surface area (Å²) in [6, 6.07) is 19.0. The molecule has 3 rings (SSSR count). The second-order valence-corrected chi connectivity index (χ2v) is 4.83. The third kappa shape index (κ3) is 2.84. The number of rotatable bonds is 3. The van der Waals surface area contributed by atoms with Gasteiger partial charge in [-0.25, -0.2) is 4.58 Å². The van der Waals surface area contributed by atoms with Gasteiger partial charge in [0.1, 0.15) is 13.2 Å². The molecule has 0 amide bonds. The van der Waals surface area contributed by atoms with E-state index in [1.807, 2.05) is 6.07 Å². The van der Waals surface area contributed by atoms with Gasteiger partial charge < -0.3 is 22.1 Å². The first kappa shape index (κ1) is 14.9. The number of fused-ring (bicyclic) bond motifs is 1. The minimum absolute atomic E-state index is 0. The van der Waals surface area contributed by atoms with Crippen LogP contribution < -0.4 is 17.0 Å². The van der Waals surface area contributed by atoms with Crippen molar-refractivity contribution in [1.82, 2.24) is 0 Å². The molecule has 0 aliphatic carbocycles. The van der Waals surface area contributed by atoms with Crippen molar-refractivity contribution in [2.45, 2.75) is 6.42 Å². The van der Waals surface area contributed by atoms with E-state index in [1.54, 1.807) is 0 Å². The van der Waals surface area contributed by atoms with Gasteiger partial charge >= 0.3 is 0 Å². The molecule has 0 aromatic heterocycles. The van der Waals surface area contributed by atoms with Crippen molar-refractivity contribution in [2.75, 3.05) is 19.7 Å². The highest BCUT2D eigenvalue weighted by Crippen LogP contribution is 2.20. The molecule has 1 heterocycles. The molecule has 1 N–H and O–H groups in total. The summed E-state index contributed by atoms with van der Waals surface area (Å²) < 4.78 is 2.29. The Balaban J connectivity index is 0.00000147. The van der Waals surface area contributed by atoms with Crippen molar-refractivity contribution in [2.24, 2.45) is 0 Å². The van der Waals surface area contributed by atoms with Gasteiger partial charge in [0.2, 0.25) is 5.71 Å². The summed E-state index contributed by atoms with van der Waals surface area (Å²) in [5, 5.41) is 9.28. The summed E-state index contributed by atoms with van der Waals surface area (Å²) in [5.41, 5.74) is 5.17. The van der Waals surface area contributed by atoms with E-state index >= 15 is 0 Å². The van der Waals surface area contributed by atoms with Crippen LogP contribution in [-0.4, -0.2) is 35.1 Å². The van der Waals surface area contributed by atoms with Gasteiger partial charge in [-0.15, -0.1) is 0 Å². The maximum atomic E-state index is 9.28. The summed E-state index contributed by atoms with van der Waals surface area (Å²) in [5.74, 6) is 0. The quantitative estimate of drug-likeness (QED) is 0.723. The summed E-state index contributed by atoms with van der Waals surface area (Å²) in [6.45, 7) is 1.86. The highest BCUT2D eigenvalue weighted by atomic mass is 79.9. The average Bonchev–Trinajstić information content (AvgIpc) is 2.48. The fourth-order valence-corrected chi connectivity index (χ4v) is 2.79. The van der Waals surface area contributed by atoms with Crippen molar-refractivity contribution in [3.8, 4) is 0 Å². The molecule has 0 atom stereocenters. The SMILES string of the molecule is OCC[N+]1=C(c2ccccc2)c2ccccc2CC1.[Br-]. The molecular weight excluding hydrogens is 314 g/mol. The maximum Gasteiger partial charge on any atom is 0.214 e. The Morgan fingerprint density at radius 1 is 0.950 bits per heavy atom. The van der Waals surface area contributed by atoms with Gasteiger partial charge in [0.15, 0.2) is 6.54 Å². The van der Waals surface area contributed by atoms with Gasteiger partial charge in [0, 0.05) is 17.5 Å². The molecular formula is C17H18BrNO. The second kappa shape index (κ2) is 6.82. The van der Waals surface area contributed by atoms with Gasteiger partial charge in [0.05, 0.1) is 0 Å². The van der Waals surface area contributed by atoms with Crippen molar-refractivity contribution in [3.63, 3.8) is 0 Å². The van der Waals surface area contributed by atoms with Gasteiger partial charge in [0.25, 0.3) is 0 Å². The van der Waals surface area contributed by atoms with Crippen molar-refractivity contribution >= 4 is 5.71 Å². The highest BCUT2D eigenvalue weighted by Gasteiger charge is 2.26. The molecule has 2 nitrogen and oxygen atoms in total. The number of β-amino-alcohol motifs (C(OH)–C–C–N with tert-alkyl or cyclic N) is 1. The lowest BCUT2D eigenvalue weighted by Crippen LogP contribution is -3.00. The number of halogens is 1. The fourth-order valence-electron chi connectivity index (χ4n) is 2.79. The van der Waals surface area contributed by atoms with Crippen LogP contribution in [0, 0.1) is 0 Å².